The fourth-order valence-electron chi connectivity index (χ4n) is 3.10. The largest absolute Gasteiger partial charge is 0.400 e. The molecule has 1 aliphatic rings. The Morgan fingerprint density at radius 2 is 1.46 bits per heavy atom. The Kier molecular flexibility index (Phi) is 21.0. The van der Waals surface area contributed by atoms with Gasteiger partial charge in [0, 0.05) is 49.2 Å². The first-order chi connectivity index (χ1) is 18.6. The Morgan fingerprint density at radius 3 is 1.87 bits per heavy atom. The monoisotopic (exact) mass is 533 g/mol. The number of hydrogen-bond donors (Lipinski definition) is 1. The number of likely N-dealkylation sites (tertiary alicyclic amines) is 1. The first-order valence-electron chi connectivity index (χ1n) is 13.8. The molecule has 1 fully saturated rings. The van der Waals surface area contributed by atoms with Gasteiger partial charge in [0.15, 0.2) is 5.78 Å². The van der Waals surface area contributed by atoms with E-state index in [0.717, 1.165) is 43.4 Å². The quantitative estimate of drug-likeness (QED) is 0.234. The van der Waals surface area contributed by atoms with Crippen molar-refractivity contribution in [3.8, 4) is 11.8 Å². The summed E-state index contributed by atoms with van der Waals surface area (Å²) < 4.78 is 0. The first kappa shape index (κ1) is 37.9. The summed E-state index contributed by atoms with van der Waals surface area (Å²) in [6, 6.07) is 18.0. The number of benzene rings is 2. The fraction of sp³-hybridized carbons (Fsp3) is 0.429. The van der Waals surface area contributed by atoms with Crippen LogP contribution >= 0.6 is 0 Å². The van der Waals surface area contributed by atoms with E-state index >= 15 is 0 Å². The number of ketones is 2. The molecule has 1 heterocycles. The maximum atomic E-state index is 11.2. The van der Waals surface area contributed by atoms with Gasteiger partial charge in [-0.25, -0.2) is 0 Å². The number of Topliss-reactive ketones (excluding diaryl/α,β-unsaturated/α-hetero) is 2. The van der Waals surface area contributed by atoms with E-state index in [4.69, 9.17) is 5.11 Å². The fourth-order valence-corrected chi connectivity index (χ4v) is 3.10. The molecule has 0 amide bonds. The molecule has 0 aliphatic carbocycles. The molecule has 1 saturated heterocycles. The van der Waals surface area contributed by atoms with Gasteiger partial charge < -0.3 is 5.11 Å². The van der Waals surface area contributed by atoms with Crippen LogP contribution in [0.1, 0.15) is 83.8 Å². The summed E-state index contributed by atoms with van der Waals surface area (Å²) in [6.45, 7) is 23.8. The lowest BCUT2D eigenvalue weighted by atomic mass is 9.83. The number of allylic oxidation sites excluding steroid dienone is 2. The lowest BCUT2D eigenvalue weighted by Crippen LogP contribution is -2.44. The molecular weight excluding hydrogens is 482 g/mol. The molecule has 3 rings (SSSR count). The molecule has 1 N–H and O–H groups in total. The number of rotatable bonds is 6. The van der Waals surface area contributed by atoms with Gasteiger partial charge >= 0.3 is 0 Å². The van der Waals surface area contributed by atoms with Crippen molar-refractivity contribution >= 4 is 11.6 Å². The van der Waals surface area contributed by atoms with E-state index in [-0.39, 0.29) is 17.0 Å². The second kappa shape index (κ2) is 21.6. The summed E-state index contributed by atoms with van der Waals surface area (Å²) in [5.41, 5.74) is 3.62. The van der Waals surface area contributed by atoms with Crippen molar-refractivity contribution < 1.29 is 14.7 Å². The smallest absolute Gasteiger partial charge is 0.159 e. The van der Waals surface area contributed by atoms with E-state index in [0.29, 0.717) is 5.92 Å². The van der Waals surface area contributed by atoms with Crippen molar-refractivity contribution in [3.63, 3.8) is 0 Å². The van der Waals surface area contributed by atoms with Crippen LogP contribution in [0.25, 0.3) is 0 Å². The second-order valence-corrected chi connectivity index (χ2v) is 9.16. The number of nitrogens with zero attached hydrogens (tertiary/aromatic N) is 1. The molecule has 214 valence electrons. The van der Waals surface area contributed by atoms with Gasteiger partial charge in [0.1, 0.15) is 5.78 Å². The van der Waals surface area contributed by atoms with Crippen LogP contribution in [0, 0.1) is 23.2 Å². The van der Waals surface area contributed by atoms with Gasteiger partial charge in [-0.3, -0.25) is 14.5 Å². The van der Waals surface area contributed by atoms with Crippen molar-refractivity contribution in [2.45, 2.75) is 68.9 Å². The topological polar surface area (TPSA) is 57.6 Å². The number of carbonyl (C=O) groups is 2. The molecule has 0 spiro atoms. The van der Waals surface area contributed by atoms with Crippen LogP contribution in [0.15, 0.2) is 78.9 Å². The van der Waals surface area contributed by atoms with Gasteiger partial charge in [0.25, 0.3) is 0 Å². The van der Waals surface area contributed by atoms with Gasteiger partial charge in [-0.15, -0.1) is 0 Å². The zero-order valence-corrected chi connectivity index (χ0v) is 26.0. The number of aliphatic hydroxyl groups is 1. The summed E-state index contributed by atoms with van der Waals surface area (Å²) in [5, 5.41) is 7.00. The van der Waals surface area contributed by atoms with E-state index in [2.05, 4.69) is 59.7 Å². The van der Waals surface area contributed by atoms with Crippen LogP contribution in [0.3, 0.4) is 0 Å². The molecule has 0 unspecified atom stereocenters. The van der Waals surface area contributed by atoms with Gasteiger partial charge in [-0.05, 0) is 58.4 Å². The molecule has 0 atom stereocenters. The molecule has 0 saturated carbocycles. The minimum Gasteiger partial charge on any atom is -0.400 e. The van der Waals surface area contributed by atoms with Gasteiger partial charge in [-0.2, -0.15) is 0 Å². The van der Waals surface area contributed by atoms with Crippen LogP contribution in [0.4, 0.5) is 0 Å². The number of hydrogen-bond acceptors (Lipinski definition) is 4. The maximum Gasteiger partial charge on any atom is 0.159 e. The Morgan fingerprint density at radius 1 is 0.949 bits per heavy atom. The van der Waals surface area contributed by atoms with Crippen molar-refractivity contribution in [2.24, 2.45) is 11.3 Å². The van der Waals surface area contributed by atoms with Crippen molar-refractivity contribution in [2.75, 3.05) is 20.2 Å². The van der Waals surface area contributed by atoms with E-state index in [1.165, 1.54) is 5.56 Å². The standard InChI is InChI=1S/C22H21NO.C8H14O.2C2H6.CH4O/c1-18(24)22-13-11-19(12-14-22)7-5-6-10-21-16-23(17-21)15-20-8-3-2-4-9-20;1-6(2)8(4,5)7(3)9;3*1-2/h2-4,6,8-14,21H,15-17H2,1H3;1H2,2-5H3;2*1-2H3;2H,1H3/b10-6+;;;;. The lowest BCUT2D eigenvalue weighted by molar-refractivity contribution is -0.123. The highest BCUT2D eigenvalue weighted by atomic mass is 16.2. The van der Waals surface area contributed by atoms with E-state index in [9.17, 15) is 9.59 Å². The van der Waals surface area contributed by atoms with E-state index in [1.54, 1.807) is 13.8 Å². The second-order valence-electron chi connectivity index (χ2n) is 9.16. The van der Waals surface area contributed by atoms with Gasteiger partial charge in [-0.1, -0.05) is 100 Å². The van der Waals surface area contributed by atoms with Gasteiger partial charge in [0.2, 0.25) is 0 Å². The molecule has 4 heteroatoms. The Bertz CT molecular complexity index is 1030. The highest BCUT2D eigenvalue weighted by molar-refractivity contribution is 5.94. The van der Waals surface area contributed by atoms with Gasteiger partial charge in [0.05, 0.1) is 0 Å². The lowest BCUT2D eigenvalue weighted by Gasteiger charge is -2.37. The molecule has 39 heavy (non-hydrogen) atoms. The average molecular weight is 534 g/mol. The Balaban J connectivity index is 0. The first-order valence-corrected chi connectivity index (χ1v) is 13.8. The molecule has 2 aromatic rings. The normalized spacial score (nSPS) is 12.2. The molecule has 2 aromatic carbocycles. The molecule has 0 aromatic heterocycles. The van der Waals surface area contributed by atoms with Crippen LogP contribution in [-0.2, 0) is 11.3 Å². The van der Waals surface area contributed by atoms with Crippen molar-refractivity contribution in [1.29, 1.82) is 0 Å². The summed E-state index contributed by atoms with van der Waals surface area (Å²) in [5.74, 6) is 7.04. The predicted molar refractivity (Wildman–Crippen MR) is 168 cm³/mol. The molecule has 0 radical (unpaired) electrons. The van der Waals surface area contributed by atoms with Crippen LogP contribution < -0.4 is 0 Å². The SMILES string of the molecule is C=C(C)C(C)(C)C(C)=O.CC.CC.CC(=O)c1ccc(C#C/C=C/C2CN(Cc3ccccc3)C2)cc1.CO. The summed E-state index contributed by atoms with van der Waals surface area (Å²) in [4.78, 5) is 24.5. The number of aliphatic hydroxyl groups excluding tert-OH is 1. The minimum atomic E-state index is -0.333. The third-order valence-electron chi connectivity index (χ3n) is 6.14. The average Bonchev–Trinajstić information content (AvgIpc) is 2.93. The van der Waals surface area contributed by atoms with Crippen LogP contribution in [-0.4, -0.2) is 41.8 Å². The summed E-state index contributed by atoms with van der Waals surface area (Å²) in [6.07, 6.45) is 4.14. The van der Waals surface area contributed by atoms with E-state index < -0.39 is 0 Å². The third kappa shape index (κ3) is 15.1. The zero-order valence-electron chi connectivity index (χ0n) is 26.0. The molecule has 0 bridgehead atoms. The Hall–Kier alpha value is -3.26. The Labute approximate surface area is 238 Å². The van der Waals surface area contributed by atoms with Crippen LogP contribution in [0.2, 0.25) is 0 Å². The van der Waals surface area contributed by atoms with E-state index in [1.807, 2.05) is 78.8 Å². The predicted octanol–water partition coefficient (Wildman–Crippen LogP) is 7.77. The summed E-state index contributed by atoms with van der Waals surface area (Å²) >= 11 is 0. The highest BCUT2D eigenvalue weighted by Gasteiger charge is 2.24. The zero-order chi connectivity index (χ0) is 30.4. The molecule has 4 nitrogen and oxygen atoms in total. The highest BCUT2D eigenvalue weighted by Crippen LogP contribution is 2.24. The number of carbonyl (C=O) groups excluding carboxylic acids is 2. The van der Waals surface area contributed by atoms with Crippen LogP contribution in [0.5, 0.6) is 0 Å². The van der Waals surface area contributed by atoms with Crippen molar-refractivity contribution in [3.05, 3.63) is 95.6 Å². The maximum absolute atomic E-state index is 11.2. The minimum absolute atomic E-state index is 0.0828. The molecular formula is C35H51NO3. The summed E-state index contributed by atoms with van der Waals surface area (Å²) in [7, 11) is 1.00. The third-order valence-corrected chi connectivity index (χ3v) is 6.14. The van der Waals surface area contributed by atoms with Crippen molar-refractivity contribution in [1.82, 2.24) is 4.90 Å². The molecule has 1 aliphatic heterocycles.